The van der Waals surface area contributed by atoms with Gasteiger partial charge in [0.25, 0.3) is 0 Å². The van der Waals surface area contributed by atoms with Crippen molar-refractivity contribution >= 4 is 17.9 Å². The van der Waals surface area contributed by atoms with E-state index >= 15 is 0 Å². The van der Waals surface area contributed by atoms with Crippen LogP contribution in [0.25, 0.3) is 0 Å². The van der Waals surface area contributed by atoms with Gasteiger partial charge in [0.15, 0.2) is 0 Å². The van der Waals surface area contributed by atoms with Crippen LogP contribution in [0.3, 0.4) is 0 Å². The molecule has 1 unspecified atom stereocenters. The molecule has 0 amide bonds. The van der Waals surface area contributed by atoms with Gasteiger partial charge in [0, 0.05) is 6.42 Å². The number of hydrogen-bond donors (Lipinski definition) is 0. The smallest absolute Gasteiger partial charge is 0.140 e. The molecule has 3 heteroatoms. The summed E-state index contributed by atoms with van der Waals surface area (Å²) in [6, 6.07) is 0. The number of aldehydes is 1. The topological polar surface area (TPSA) is 51.2 Å². The Morgan fingerprint density at radius 2 is 1.67 bits per heavy atom. The first-order valence-electron chi connectivity index (χ1n) is 3.95. The van der Waals surface area contributed by atoms with Crippen molar-refractivity contribution in [3.05, 3.63) is 0 Å². The molecule has 1 atom stereocenters. The fraction of sp³-hybridized carbons (Fsp3) is 0.667. The molecule has 0 fully saturated rings. The van der Waals surface area contributed by atoms with E-state index in [9.17, 15) is 14.4 Å². The average Bonchev–Trinajstić information content (AvgIpc) is 1.85. The van der Waals surface area contributed by atoms with Crippen molar-refractivity contribution in [1.29, 1.82) is 0 Å². The zero-order chi connectivity index (χ0) is 9.72. The molecule has 0 aliphatic heterocycles. The lowest BCUT2D eigenvalue weighted by atomic mass is 9.86. The Morgan fingerprint density at radius 1 is 1.25 bits per heavy atom. The number of Topliss-reactive ketones (excluding diaryl/α,β-unsaturated/α-hetero) is 2. The highest BCUT2D eigenvalue weighted by Gasteiger charge is 2.25. The second kappa shape index (κ2) is 4.80. The molecule has 0 aromatic heterocycles. The molecule has 68 valence electrons. The van der Waals surface area contributed by atoms with Gasteiger partial charge in [-0.25, -0.2) is 0 Å². The van der Waals surface area contributed by atoms with Crippen molar-refractivity contribution in [1.82, 2.24) is 0 Å². The summed E-state index contributed by atoms with van der Waals surface area (Å²) in [7, 11) is 0. The van der Waals surface area contributed by atoms with Crippen LogP contribution in [-0.4, -0.2) is 17.9 Å². The summed E-state index contributed by atoms with van der Waals surface area (Å²) in [5, 5.41) is 0. The van der Waals surface area contributed by atoms with E-state index in [1.54, 1.807) is 6.92 Å². The zero-order valence-electron chi connectivity index (χ0n) is 7.66. The summed E-state index contributed by atoms with van der Waals surface area (Å²) in [4.78, 5) is 32.1. The maximum absolute atomic E-state index is 11.0. The minimum atomic E-state index is -0.602. The average molecular weight is 170 g/mol. The Labute approximate surface area is 72.1 Å². The Morgan fingerprint density at radius 3 is 1.92 bits per heavy atom. The van der Waals surface area contributed by atoms with Crippen molar-refractivity contribution in [3.63, 3.8) is 0 Å². The van der Waals surface area contributed by atoms with Crippen molar-refractivity contribution in [2.45, 2.75) is 27.2 Å². The fourth-order valence-corrected chi connectivity index (χ4v) is 1.38. The van der Waals surface area contributed by atoms with Gasteiger partial charge in [0.2, 0.25) is 0 Å². The van der Waals surface area contributed by atoms with Gasteiger partial charge in [-0.15, -0.1) is 0 Å². The van der Waals surface area contributed by atoms with Gasteiger partial charge in [-0.3, -0.25) is 9.59 Å². The van der Waals surface area contributed by atoms with Crippen LogP contribution in [-0.2, 0) is 14.4 Å². The third kappa shape index (κ3) is 2.95. The summed E-state index contributed by atoms with van der Waals surface area (Å²) in [6.07, 6.45) is 1.01. The van der Waals surface area contributed by atoms with Crippen LogP contribution in [0.15, 0.2) is 0 Å². The number of carbonyl (C=O) groups is 3. The van der Waals surface area contributed by atoms with Crippen molar-refractivity contribution in [3.8, 4) is 0 Å². The van der Waals surface area contributed by atoms with E-state index in [0.29, 0.717) is 0 Å². The molecular formula is C9H14O3. The standard InChI is InChI=1S/C9H14O3/c1-6(4-5-10)9(7(2)11)8(3)12/h5-6,9H,4H2,1-3H3. The van der Waals surface area contributed by atoms with Crippen molar-refractivity contribution < 1.29 is 14.4 Å². The molecule has 0 bridgehead atoms. The Balaban J connectivity index is 4.39. The van der Waals surface area contributed by atoms with Crippen LogP contribution in [0.2, 0.25) is 0 Å². The van der Waals surface area contributed by atoms with E-state index in [1.807, 2.05) is 0 Å². The largest absolute Gasteiger partial charge is 0.303 e. The van der Waals surface area contributed by atoms with Gasteiger partial charge in [-0.2, -0.15) is 0 Å². The lowest BCUT2D eigenvalue weighted by Gasteiger charge is -2.15. The van der Waals surface area contributed by atoms with Crippen LogP contribution in [0, 0.1) is 11.8 Å². The zero-order valence-corrected chi connectivity index (χ0v) is 7.66. The first-order chi connectivity index (χ1) is 5.50. The van der Waals surface area contributed by atoms with Crippen LogP contribution >= 0.6 is 0 Å². The van der Waals surface area contributed by atoms with Gasteiger partial charge in [-0.1, -0.05) is 6.92 Å². The summed E-state index contributed by atoms with van der Waals surface area (Å²) >= 11 is 0. The molecule has 0 heterocycles. The predicted octanol–water partition coefficient (Wildman–Crippen LogP) is 1.01. The van der Waals surface area contributed by atoms with E-state index in [0.717, 1.165) is 6.29 Å². The van der Waals surface area contributed by atoms with Gasteiger partial charge in [0.05, 0.1) is 5.92 Å². The molecule has 0 aromatic carbocycles. The third-order valence-electron chi connectivity index (χ3n) is 1.91. The first kappa shape index (κ1) is 11.0. The minimum absolute atomic E-state index is 0.156. The summed E-state index contributed by atoms with van der Waals surface area (Å²) < 4.78 is 0. The maximum atomic E-state index is 11.0. The van der Waals surface area contributed by atoms with E-state index in [4.69, 9.17) is 0 Å². The highest BCUT2D eigenvalue weighted by molar-refractivity contribution is 6.00. The lowest BCUT2D eigenvalue weighted by Crippen LogP contribution is -2.26. The number of ketones is 2. The lowest BCUT2D eigenvalue weighted by molar-refractivity contribution is -0.132. The van der Waals surface area contributed by atoms with Gasteiger partial charge in [-0.05, 0) is 19.8 Å². The molecule has 3 nitrogen and oxygen atoms in total. The summed E-state index contributed by atoms with van der Waals surface area (Å²) in [5.41, 5.74) is 0. The van der Waals surface area contributed by atoms with E-state index in [-0.39, 0.29) is 23.9 Å². The highest BCUT2D eigenvalue weighted by Crippen LogP contribution is 2.16. The van der Waals surface area contributed by atoms with Crippen LogP contribution in [0.5, 0.6) is 0 Å². The molecule has 0 aromatic rings. The normalized spacial score (nSPS) is 12.7. The molecule has 0 aliphatic rings. The second-order valence-electron chi connectivity index (χ2n) is 3.08. The number of rotatable bonds is 5. The Kier molecular flexibility index (Phi) is 4.40. The molecule has 0 saturated carbocycles. The molecular weight excluding hydrogens is 156 g/mol. The summed E-state index contributed by atoms with van der Waals surface area (Å²) in [6.45, 7) is 4.50. The van der Waals surface area contributed by atoms with E-state index < -0.39 is 5.92 Å². The van der Waals surface area contributed by atoms with Crippen LogP contribution in [0.4, 0.5) is 0 Å². The third-order valence-corrected chi connectivity index (χ3v) is 1.91. The highest BCUT2D eigenvalue weighted by atomic mass is 16.1. The predicted molar refractivity (Wildman–Crippen MR) is 44.7 cm³/mol. The Bertz CT molecular complexity index is 182. The molecule has 0 saturated heterocycles. The van der Waals surface area contributed by atoms with Crippen LogP contribution < -0.4 is 0 Å². The quantitative estimate of drug-likeness (QED) is 0.457. The van der Waals surface area contributed by atoms with Crippen molar-refractivity contribution in [2.75, 3.05) is 0 Å². The summed E-state index contributed by atoms with van der Waals surface area (Å²) in [5.74, 6) is -1.08. The van der Waals surface area contributed by atoms with E-state index in [1.165, 1.54) is 13.8 Å². The second-order valence-corrected chi connectivity index (χ2v) is 3.08. The van der Waals surface area contributed by atoms with Gasteiger partial charge >= 0.3 is 0 Å². The maximum Gasteiger partial charge on any atom is 0.140 e. The first-order valence-corrected chi connectivity index (χ1v) is 3.95. The van der Waals surface area contributed by atoms with Crippen LogP contribution in [0.1, 0.15) is 27.2 Å². The van der Waals surface area contributed by atoms with Gasteiger partial charge < -0.3 is 4.79 Å². The van der Waals surface area contributed by atoms with Gasteiger partial charge in [0.1, 0.15) is 17.9 Å². The van der Waals surface area contributed by atoms with Crippen molar-refractivity contribution in [2.24, 2.45) is 11.8 Å². The Hall–Kier alpha value is -0.990. The molecule has 0 radical (unpaired) electrons. The number of hydrogen-bond acceptors (Lipinski definition) is 3. The van der Waals surface area contributed by atoms with E-state index in [2.05, 4.69) is 0 Å². The molecule has 0 spiro atoms. The SMILES string of the molecule is CC(=O)C(C(C)=O)C(C)CC=O. The minimum Gasteiger partial charge on any atom is -0.303 e. The molecule has 12 heavy (non-hydrogen) atoms. The molecule has 0 aliphatic carbocycles. The fourth-order valence-electron chi connectivity index (χ4n) is 1.38. The number of carbonyl (C=O) groups excluding carboxylic acids is 3. The monoisotopic (exact) mass is 170 g/mol. The molecule has 0 N–H and O–H groups in total. The molecule has 0 rings (SSSR count).